The predicted molar refractivity (Wildman–Crippen MR) is 143 cm³/mol. The highest BCUT2D eigenvalue weighted by Crippen LogP contribution is 2.29. The molecule has 1 aromatic heterocycles. The summed E-state index contributed by atoms with van der Waals surface area (Å²) in [5.74, 6) is 1.21. The Morgan fingerprint density at radius 1 is 1.00 bits per heavy atom. The zero-order valence-corrected chi connectivity index (χ0v) is 21.1. The maximum absolute atomic E-state index is 12.4. The van der Waals surface area contributed by atoms with Crippen LogP contribution in [0.3, 0.4) is 0 Å². The molecule has 2 aliphatic rings. The van der Waals surface area contributed by atoms with Crippen molar-refractivity contribution in [2.24, 2.45) is 0 Å². The highest BCUT2D eigenvalue weighted by atomic mass is 35.5. The van der Waals surface area contributed by atoms with Crippen molar-refractivity contribution in [1.29, 1.82) is 0 Å². The highest BCUT2D eigenvalue weighted by molar-refractivity contribution is 6.30. The molecule has 2 fully saturated rings. The molecule has 0 radical (unpaired) electrons. The summed E-state index contributed by atoms with van der Waals surface area (Å²) in [6, 6.07) is 18.1. The number of carbonyl (C=O) groups is 1. The third-order valence-corrected chi connectivity index (χ3v) is 7.32. The topological polar surface area (TPSA) is 73.8 Å². The number of nitrogens with one attached hydrogen (secondary N) is 1. The van der Waals surface area contributed by atoms with Gasteiger partial charge in [0, 0.05) is 62.0 Å². The molecule has 1 atom stereocenters. The average molecular weight is 507 g/mol. The minimum Gasteiger partial charge on any atom is -0.369 e. The minimum atomic E-state index is -0.460. The number of aromatic nitrogens is 2. The van der Waals surface area contributed by atoms with Gasteiger partial charge in [0.25, 0.3) is 0 Å². The van der Waals surface area contributed by atoms with Crippen LogP contribution in [0.2, 0.25) is 5.02 Å². The zero-order valence-electron chi connectivity index (χ0n) is 20.4. The molecule has 5 rings (SSSR count). The fourth-order valence-corrected chi connectivity index (χ4v) is 5.08. The van der Waals surface area contributed by atoms with E-state index in [1.54, 1.807) is 17.5 Å². The van der Waals surface area contributed by atoms with E-state index in [1.165, 1.54) is 5.56 Å². The molecule has 3 aromatic rings. The molecule has 0 saturated carbocycles. The van der Waals surface area contributed by atoms with Gasteiger partial charge in [-0.2, -0.15) is 0 Å². The van der Waals surface area contributed by atoms with E-state index >= 15 is 0 Å². The number of anilines is 3. The van der Waals surface area contributed by atoms with Crippen molar-refractivity contribution in [2.75, 3.05) is 48.3 Å². The quantitative estimate of drug-likeness (QED) is 0.493. The van der Waals surface area contributed by atoms with E-state index in [4.69, 9.17) is 16.4 Å². The van der Waals surface area contributed by atoms with Gasteiger partial charge in [-0.15, -0.1) is 5.06 Å². The molecule has 0 bridgehead atoms. The van der Waals surface area contributed by atoms with Crippen LogP contribution in [0.5, 0.6) is 0 Å². The van der Waals surface area contributed by atoms with Gasteiger partial charge in [0.05, 0.1) is 6.04 Å². The summed E-state index contributed by atoms with van der Waals surface area (Å²) in [5, 5.41) is 5.34. The maximum Gasteiger partial charge on any atom is 0.430 e. The number of nitrogens with zero attached hydrogens (tertiary/aromatic N) is 5. The van der Waals surface area contributed by atoms with Gasteiger partial charge < -0.3 is 14.6 Å². The first-order chi connectivity index (χ1) is 17.5. The van der Waals surface area contributed by atoms with Crippen molar-refractivity contribution in [3.63, 3.8) is 0 Å². The third kappa shape index (κ3) is 5.88. The Hall–Kier alpha value is -3.36. The molecule has 0 spiro atoms. The van der Waals surface area contributed by atoms with E-state index in [9.17, 15) is 4.79 Å². The summed E-state index contributed by atoms with van der Waals surface area (Å²) in [5.41, 5.74) is 3.13. The summed E-state index contributed by atoms with van der Waals surface area (Å²) in [4.78, 5) is 31.2. The maximum atomic E-state index is 12.4. The van der Waals surface area contributed by atoms with Crippen LogP contribution in [0.1, 0.15) is 30.7 Å². The van der Waals surface area contributed by atoms with Crippen molar-refractivity contribution in [3.05, 3.63) is 77.6 Å². The normalized spacial score (nSPS) is 18.7. The van der Waals surface area contributed by atoms with Crippen LogP contribution in [0.25, 0.3) is 0 Å². The molecular weight excluding hydrogens is 476 g/mol. The van der Waals surface area contributed by atoms with Gasteiger partial charge in [0.2, 0.25) is 5.95 Å². The number of hydroxylamine groups is 2. The predicted octanol–water partition coefficient (Wildman–Crippen LogP) is 5.19. The molecule has 9 heteroatoms. The lowest BCUT2D eigenvalue weighted by molar-refractivity contribution is -0.108. The zero-order chi connectivity index (χ0) is 24.9. The Morgan fingerprint density at radius 2 is 1.69 bits per heavy atom. The number of piperidine rings is 1. The van der Waals surface area contributed by atoms with Crippen LogP contribution in [-0.2, 0) is 4.84 Å². The van der Waals surface area contributed by atoms with Gasteiger partial charge in [0.15, 0.2) is 0 Å². The number of halogens is 1. The summed E-state index contributed by atoms with van der Waals surface area (Å²) < 4.78 is 0. The number of benzene rings is 2. The van der Waals surface area contributed by atoms with Crippen LogP contribution in [-0.4, -0.2) is 60.4 Å². The first-order valence-corrected chi connectivity index (χ1v) is 12.8. The fourth-order valence-electron chi connectivity index (χ4n) is 4.96. The first-order valence-electron chi connectivity index (χ1n) is 12.4. The fraction of sp³-hybridized carbons (Fsp3) is 0.370. The van der Waals surface area contributed by atoms with Gasteiger partial charge in [0.1, 0.15) is 0 Å². The minimum absolute atomic E-state index is 0.351. The number of amides is 1. The largest absolute Gasteiger partial charge is 0.430 e. The standard InChI is InChI=1S/C27H31ClN6O2/c1-32(26-29-14-2-15-30-26)25-13-16-33(19-25)24-9-7-23(8-10-24)31-27(35)36-34-17-11-21(12-18-34)20-3-5-22(28)6-4-20/h2-10,14-15,21,25H,11-13,16-19H2,1H3,(H,31,35)/t25-/m1/s1. The second-order valence-corrected chi connectivity index (χ2v) is 9.79. The Labute approximate surface area is 216 Å². The Bertz CT molecular complexity index is 1140. The van der Waals surface area contributed by atoms with E-state index < -0.39 is 6.09 Å². The third-order valence-electron chi connectivity index (χ3n) is 7.06. The second kappa shape index (κ2) is 11.1. The lowest BCUT2D eigenvalue weighted by Crippen LogP contribution is -2.36. The van der Waals surface area contributed by atoms with Crippen LogP contribution >= 0.6 is 11.6 Å². The SMILES string of the molecule is CN(c1ncccn1)[C@@H]1CCN(c2ccc(NC(=O)ON3CCC(c4ccc(Cl)cc4)CC3)cc2)C1. The summed E-state index contributed by atoms with van der Waals surface area (Å²) in [6.45, 7) is 3.27. The average Bonchev–Trinajstić information content (AvgIpc) is 3.40. The Kier molecular flexibility index (Phi) is 7.53. The van der Waals surface area contributed by atoms with Gasteiger partial charge in [-0.1, -0.05) is 23.7 Å². The summed E-state index contributed by atoms with van der Waals surface area (Å²) in [6.07, 6.45) is 5.99. The van der Waals surface area contributed by atoms with Crippen molar-refractivity contribution >= 4 is 35.0 Å². The van der Waals surface area contributed by atoms with Gasteiger partial charge in [-0.25, -0.2) is 14.8 Å². The number of hydrogen-bond donors (Lipinski definition) is 1. The first kappa shape index (κ1) is 24.3. The Morgan fingerprint density at radius 3 is 2.39 bits per heavy atom. The van der Waals surface area contributed by atoms with Gasteiger partial charge in [-0.3, -0.25) is 5.32 Å². The van der Waals surface area contributed by atoms with Gasteiger partial charge >= 0.3 is 6.09 Å². The van der Waals surface area contributed by atoms with Crippen LogP contribution in [0, 0.1) is 0 Å². The van der Waals surface area contributed by atoms with E-state index in [0.717, 1.165) is 49.0 Å². The molecule has 36 heavy (non-hydrogen) atoms. The number of likely N-dealkylation sites (N-methyl/N-ethyl adjacent to an activating group) is 1. The Balaban J connectivity index is 1.08. The van der Waals surface area contributed by atoms with E-state index in [-0.39, 0.29) is 0 Å². The summed E-state index contributed by atoms with van der Waals surface area (Å²) >= 11 is 6.00. The number of rotatable bonds is 6. The number of carbonyl (C=O) groups excluding carboxylic acids is 1. The molecule has 3 heterocycles. The van der Waals surface area contributed by atoms with E-state index in [2.05, 4.69) is 37.2 Å². The molecule has 2 aromatic carbocycles. The monoisotopic (exact) mass is 506 g/mol. The molecule has 2 saturated heterocycles. The second-order valence-electron chi connectivity index (χ2n) is 9.35. The molecule has 0 unspecified atom stereocenters. The summed E-state index contributed by atoms with van der Waals surface area (Å²) in [7, 11) is 2.04. The molecular formula is C27H31ClN6O2. The molecule has 1 amide bonds. The molecule has 1 N–H and O–H groups in total. The highest BCUT2D eigenvalue weighted by Gasteiger charge is 2.27. The smallest absolute Gasteiger partial charge is 0.369 e. The molecule has 2 aliphatic heterocycles. The van der Waals surface area contributed by atoms with E-state index in [0.29, 0.717) is 30.7 Å². The van der Waals surface area contributed by atoms with Crippen molar-refractivity contribution in [1.82, 2.24) is 15.0 Å². The van der Waals surface area contributed by atoms with Gasteiger partial charge in [-0.05, 0) is 73.2 Å². The number of hydrogen-bond acceptors (Lipinski definition) is 7. The lowest BCUT2D eigenvalue weighted by atomic mass is 9.90. The van der Waals surface area contributed by atoms with Crippen molar-refractivity contribution in [3.8, 4) is 0 Å². The van der Waals surface area contributed by atoms with Crippen LogP contribution < -0.4 is 15.1 Å². The van der Waals surface area contributed by atoms with Crippen LogP contribution in [0.4, 0.5) is 22.1 Å². The van der Waals surface area contributed by atoms with Crippen molar-refractivity contribution in [2.45, 2.75) is 31.2 Å². The molecule has 0 aliphatic carbocycles. The molecule has 188 valence electrons. The van der Waals surface area contributed by atoms with Crippen LogP contribution in [0.15, 0.2) is 67.0 Å². The molecule has 8 nitrogen and oxygen atoms in total. The van der Waals surface area contributed by atoms with E-state index in [1.807, 2.05) is 49.5 Å². The van der Waals surface area contributed by atoms with Crippen molar-refractivity contribution < 1.29 is 9.63 Å². The lowest BCUT2D eigenvalue weighted by Gasteiger charge is -2.30.